The Bertz CT molecular complexity index is 535. The van der Waals surface area contributed by atoms with Gasteiger partial charge in [-0.2, -0.15) is 0 Å². The van der Waals surface area contributed by atoms with Crippen molar-refractivity contribution in [2.24, 2.45) is 5.92 Å². The van der Waals surface area contributed by atoms with Crippen LogP contribution in [0.1, 0.15) is 35.2 Å². The van der Waals surface area contributed by atoms with Crippen LogP contribution in [0.2, 0.25) is 5.02 Å². The van der Waals surface area contributed by atoms with Gasteiger partial charge in [0.25, 0.3) is 0 Å². The normalized spacial score (nSPS) is 22.5. The first kappa shape index (κ1) is 12.7. The molecule has 1 aliphatic heterocycles. The fourth-order valence-corrected chi connectivity index (χ4v) is 3.20. The number of carbonyl (C=O) groups is 2. The molecule has 2 aliphatic rings. The van der Waals surface area contributed by atoms with E-state index in [2.05, 4.69) is 0 Å². The van der Waals surface area contributed by atoms with Gasteiger partial charge in [0, 0.05) is 36.0 Å². The smallest absolute Gasteiger partial charge is 0.226 e. The summed E-state index contributed by atoms with van der Waals surface area (Å²) in [6, 6.07) is 5.38. The van der Waals surface area contributed by atoms with Crippen LogP contribution in [-0.4, -0.2) is 29.7 Å². The molecule has 0 bridgehead atoms. The lowest BCUT2D eigenvalue weighted by atomic mass is 9.82. The summed E-state index contributed by atoms with van der Waals surface area (Å²) in [5, 5.41) is 0.580. The van der Waals surface area contributed by atoms with E-state index in [-0.39, 0.29) is 17.6 Å². The van der Waals surface area contributed by atoms with Crippen LogP contribution in [0.3, 0.4) is 0 Å². The molecule has 1 atom stereocenters. The summed E-state index contributed by atoms with van der Waals surface area (Å²) in [5.74, 6) is 0.00650. The van der Waals surface area contributed by atoms with E-state index in [4.69, 9.17) is 11.6 Å². The summed E-state index contributed by atoms with van der Waals surface area (Å²) in [6.07, 6.45) is 3.15. The molecular formula is C15H16ClNO2. The lowest BCUT2D eigenvalue weighted by molar-refractivity contribution is -0.134. The van der Waals surface area contributed by atoms with E-state index in [0.717, 1.165) is 31.5 Å². The molecule has 1 unspecified atom stereocenters. The number of fused-ring (bicyclic) bond motifs is 1. The molecule has 1 heterocycles. The van der Waals surface area contributed by atoms with Crippen LogP contribution >= 0.6 is 11.6 Å². The fourth-order valence-electron chi connectivity index (χ4n) is 3.03. The number of hydrogen-bond donors (Lipinski definition) is 0. The minimum atomic E-state index is -0.181. The Hall–Kier alpha value is -1.35. The molecule has 1 aromatic rings. The third-order valence-corrected chi connectivity index (χ3v) is 4.27. The molecule has 100 valence electrons. The van der Waals surface area contributed by atoms with Gasteiger partial charge in [-0.05, 0) is 37.0 Å². The van der Waals surface area contributed by atoms with E-state index in [1.165, 1.54) is 0 Å². The van der Waals surface area contributed by atoms with Crippen LogP contribution in [0.4, 0.5) is 0 Å². The standard InChI is InChI=1S/C15H16ClNO2/c16-12-4-3-10-7-11(8-14(18)13(10)9-12)15(19)17-5-1-2-6-17/h3-4,9,11H,1-2,5-8H2. The molecule has 0 spiro atoms. The Balaban J connectivity index is 1.82. The lowest BCUT2D eigenvalue weighted by Crippen LogP contribution is -2.37. The molecule has 1 aromatic carbocycles. The average Bonchev–Trinajstić information content (AvgIpc) is 2.92. The Morgan fingerprint density at radius 2 is 1.95 bits per heavy atom. The van der Waals surface area contributed by atoms with Crippen LogP contribution < -0.4 is 0 Å². The molecule has 0 saturated carbocycles. The second-order valence-corrected chi connectivity index (χ2v) is 5.80. The fraction of sp³-hybridized carbons (Fsp3) is 0.467. The Kier molecular flexibility index (Phi) is 3.31. The van der Waals surface area contributed by atoms with Crippen molar-refractivity contribution in [3.8, 4) is 0 Å². The lowest BCUT2D eigenvalue weighted by Gasteiger charge is -2.27. The topological polar surface area (TPSA) is 37.4 Å². The van der Waals surface area contributed by atoms with Crippen LogP contribution in [0, 0.1) is 5.92 Å². The van der Waals surface area contributed by atoms with Crippen molar-refractivity contribution in [1.29, 1.82) is 0 Å². The van der Waals surface area contributed by atoms with Crippen molar-refractivity contribution in [1.82, 2.24) is 4.90 Å². The molecule has 1 amide bonds. The molecule has 1 saturated heterocycles. The van der Waals surface area contributed by atoms with Crippen LogP contribution in [0.15, 0.2) is 18.2 Å². The van der Waals surface area contributed by atoms with Gasteiger partial charge in [0.05, 0.1) is 0 Å². The first-order valence-corrected chi connectivity index (χ1v) is 7.13. The van der Waals surface area contributed by atoms with Crippen molar-refractivity contribution in [2.45, 2.75) is 25.7 Å². The predicted octanol–water partition coefficient (Wildman–Crippen LogP) is 2.71. The molecular weight excluding hydrogens is 262 g/mol. The maximum absolute atomic E-state index is 12.4. The van der Waals surface area contributed by atoms with Gasteiger partial charge in [-0.15, -0.1) is 0 Å². The maximum atomic E-state index is 12.4. The highest BCUT2D eigenvalue weighted by Crippen LogP contribution is 2.29. The minimum absolute atomic E-state index is 0.0429. The van der Waals surface area contributed by atoms with E-state index in [1.54, 1.807) is 12.1 Å². The molecule has 0 N–H and O–H groups in total. The van der Waals surface area contributed by atoms with Gasteiger partial charge >= 0.3 is 0 Å². The summed E-state index contributed by atoms with van der Waals surface area (Å²) >= 11 is 5.92. The molecule has 3 nitrogen and oxygen atoms in total. The molecule has 4 heteroatoms. The summed E-state index contributed by atoms with van der Waals surface area (Å²) in [6.45, 7) is 1.69. The van der Waals surface area contributed by atoms with E-state index in [0.29, 0.717) is 23.4 Å². The van der Waals surface area contributed by atoms with Crippen LogP contribution in [-0.2, 0) is 11.2 Å². The minimum Gasteiger partial charge on any atom is -0.342 e. The average molecular weight is 278 g/mol. The summed E-state index contributed by atoms with van der Waals surface area (Å²) in [7, 11) is 0. The molecule has 3 rings (SSSR count). The Morgan fingerprint density at radius 3 is 2.68 bits per heavy atom. The molecule has 0 aromatic heterocycles. The zero-order chi connectivity index (χ0) is 13.4. The van der Waals surface area contributed by atoms with E-state index < -0.39 is 0 Å². The molecule has 19 heavy (non-hydrogen) atoms. The highest BCUT2D eigenvalue weighted by molar-refractivity contribution is 6.31. The monoisotopic (exact) mass is 277 g/mol. The molecule has 0 radical (unpaired) electrons. The zero-order valence-corrected chi connectivity index (χ0v) is 11.4. The zero-order valence-electron chi connectivity index (χ0n) is 10.7. The van der Waals surface area contributed by atoms with Gasteiger partial charge in [-0.25, -0.2) is 0 Å². The van der Waals surface area contributed by atoms with Crippen molar-refractivity contribution >= 4 is 23.3 Å². The number of ketones is 1. The first-order valence-electron chi connectivity index (χ1n) is 6.75. The first-order chi connectivity index (χ1) is 9.15. The van der Waals surface area contributed by atoms with E-state index in [9.17, 15) is 9.59 Å². The number of halogens is 1. The molecule has 1 aliphatic carbocycles. The SMILES string of the molecule is O=C1CC(C(=O)N2CCCC2)Cc2ccc(Cl)cc21. The van der Waals surface area contributed by atoms with Crippen molar-refractivity contribution in [2.75, 3.05) is 13.1 Å². The number of carbonyl (C=O) groups excluding carboxylic acids is 2. The van der Waals surface area contributed by atoms with Crippen molar-refractivity contribution in [3.05, 3.63) is 34.3 Å². The summed E-state index contributed by atoms with van der Waals surface area (Å²) in [4.78, 5) is 26.4. The number of benzene rings is 1. The number of hydrogen-bond acceptors (Lipinski definition) is 2. The highest BCUT2D eigenvalue weighted by Gasteiger charge is 2.33. The van der Waals surface area contributed by atoms with Gasteiger partial charge in [0.2, 0.25) is 5.91 Å². The van der Waals surface area contributed by atoms with Gasteiger partial charge in [-0.1, -0.05) is 17.7 Å². The van der Waals surface area contributed by atoms with Crippen molar-refractivity contribution in [3.63, 3.8) is 0 Å². The quantitative estimate of drug-likeness (QED) is 0.791. The summed E-state index contributed by atoms with van der Waals surface area (Å²) in [5.41, 5.74) is 1.65. The Labute approximate surface area is 117 Å². The summed E-state index contributed by atoms with van der Waals surface area (Å²) < 4.78 is 0. The number of rotatable bonds is 1. The van der Waals surface area contributed by atoms with Gasteiger partial charge in [0.15, 0.2) is 5.78 Å². The van der Waals surface area contributed by atoms with Crippen LogP contribution in [0.25, 0.3) is 0 Å². The van der Waals surface area contributed by atoms with Gasteiger partial charge in [0.1, 0.15) is 0 Å². The second-order valence-electron chi connectivity index (χ2n) is 5.36. The van der Waals surface area contributed by atoms with Gasteiger partial charge in [-0.3, -0.25) is 9.59 Å². The predicted molar refractivity (Wildman–Crippen MR) is 73.4 cm³/mol. The third kappa shape index (κ3) is 2.39. The molecule has 1 fully saturated rings. The largest absolute Gasteiger partial charge is 0.342 e. The third-order valence-electron chi connectivity index (χ3n) is 4.04. The maximum Gasteiger partial charge on any atom is 0.226 e. The second kappa shape index (κ2) is 4.97. The number of amides is 1. The van der Waals surface area contributed by atoms with Crippen molar-refractivity contribution < 1.29 is 9.59 Å². The number of nitrogens with zero attached hydrogens (tertiary/aromatic N) is 1. The van der Waals surface area contributed by atoms with E-state index >= 15 is 0 Å². The van der Waals surface area contributed by atoms with E-state index in [1.807, 2.05) is 11.0 Å². The van der Waals surface area contributed by atoms with Gasteiger partial charge < -0.3 is 4.90 Å². The number of likely N-dealkylation sites (tertiary alicyclic amines) is 1. The highest BCUT2D eigenvalue weighted by atomic mass is 35.5. The number of Topliss-reactive ketones (excluding diaryl/α,β-unsaturated/α-hetero) is 1. The van der Waals surface area contributed by atoms with Crippen LogP contribution in [0.5, 0.6) is 0 Å². The Morgan fingerprint density at radius 1 is 1.21 bits per heavy atom.